The van der Waals surface area contributed by atoms with Gasteiger partial charge in [0.25, 0.3) is 5.91 Å². The summed E-state index contributed by atoms with van der Waals surface area (Å²) in [6.45, 7) is 5.85. The number of carbonyl (C=O) groups excluding carboxylic acids is 1. The van der Waals surface area contributed by atoms with Crippen LogP contribution in [0.4, 0.5) is 0 Å². The summed E-state index contributed by atoms with van der Waals surface area (Å²) in [5, 5.41) is 19.3. The lowest BCUT2D eigenvalue weighted by Crippen LogP contribution is -2.56. The molecule has 2 heterocycles. The molecule has 0 atom stereocenters. The molecule has 9 heteroatoms. The van der Waals surface area contributed by atoms with Gasteiger partial charge in [-0.15, -0.1) is 0 Å². The Morgan fingerprint density at radius 3 is 2.82 bits per heavy atom. The van der Waals surface area contributed by atoms with Gasteiger partial charge in [0.1, 0.15) is 28.9 Å². The Labute approximate surface area is 162 Å². The van der Waals surface area contributed by atoms with Crippen molar-refractivity contribution in [2.75, 3.05) is 13.1 Å². The van der Waals surface area contributed by atoms with E-state index in [-0.39, 0.29) is 34.8 Å². The van der Waals surface area contributed by atoms with Crippen molar-refractivity contribution in [2.24, 2.45) is 4.99 Å². The SMILES string of the molecule is C=N/C(=C\C=C/C)C(=O)N1CC(Oc2ccc3c(c2C(=O)O)OB(O)CC3)C1. The molecule has 1 saturated heterocycles. The van der Waals surface area contributed by atoms with Gasteiger partial charge in [-0.2, -0.15) is 0 Å². The fourth-order valence-electron chi connectivity index (χ4n) is 3.11. The molecule has 2 aliphatic heterocycles. The lowest BCUT2D eigenvalue weighted by molar-refractivity contribution is -0.135. The minimum atomic E-state index is -1.19. The Morgan fingerprint density at radius 2 is 2.18 bits per heavy atom. The molecular formula is C19H21BN2O6. The second-order valence-corrected chi connectivity index (χ2v) is 6.53. The van der Waals surface area contributed by atoms with Crippen LogP contribution in [0, 0.1) is 0 Å². The number of aromatic carboxylic acids is 1. The smallest absolute Gasteiger partial charge is 0.522 e. The first kappa shape index (κ1) is 19.7. The first-order valence-electron chi connectivity index (χ1n) is 8.94. The zero-order valence-corrected chi connectivity index (χ0v) is 15.5. The average Bonchev–Trinajstić information content (AvgIpc) is 2.63. The predicted octanol–water partition coefficient (Wildman–Crippen LogP) is 1.55. The molecule has 0 bridgehead atoms. The first-order chi connectivity index (χ1) is 13.4. The third-order valence-corrected chi connectivity index (χ3v) is 4.59. The van der Waals surface area contributed by atoms with Crippen LogP contribution in [0.15, 0.2) is 41.1 Å². The minimum Gasteiger partial charge on any atom is -0.535 e. The van der Waals surface area contributed by atoms with Crippen LogP contribution in [0.1, 0.15) is 22.8 Å². The summed E-state index contributed by atoms with van der Waals surface area (Å²) in [5.74, 6) is -1.16. The monoisotopic (exact) mass is 384 g/mol. The molecule has 1 aromatic rings. The van der Waals surface area contributed by atoms with Crippen molar-refractivity contribution < 1.29 is 29.1 Å². The molecule has 0 unspecified atom stereocenters. The summed E-state index contributed by atoms with van der Waals surface area (Å²) < 4.78 is 11.1. The number of allylic oxidation sites excluding steroid dienone is 3. The lowest BCUT2D eigenvalue weighted by atomic mass is 9.78. The number of amides is 1. The molecule has 0 aromatic heterocycles. The van der Waals surface area contributed by atoms with Crippen molar-refractivity contribution in [3.8, 4) is 11.5 Å². The number of rotatable bonds is 6. The highest BCUT2D eigenvalue weighted by Crippen LogP contribution is 2.37. The zero-order chi connectivity index (χ0) is 20.3. The molecule has 1 aromatic carbocycles. The number of nitrogens with zero attached hydrogens (tertiary/aromatic N) is 2. The topological polar surface area (TPSA) is 109 Å². The van der Waals surface area contributed by atoms with E-state index in [2.05, 4.69) is 11.7 Å². The third kappa shape index (κ3) is 3.94. The van der Waals surface area contributed by atoms with E-state index in [4.69, 9.17) is 9.39 Å². The van der Waals surface area contributed by atoms with Gasteiger partial charge >= 0.3 is 13.1 Å². The van der Waals surface area contributed by atoms with E-state index in [0.717, 1.165) is 5.56 Å². The van der Waals surface area contributed by atoms with Crippen molar-refractivity contribution in [2.45, 2.75) is 25.8 Å². The molecule has 8 nitrogen and oxygen atoms in total. The van der Waals surface area contributed by atoms with Crippen molar-refractivity contribution in [1.29, 1.82) is 0 Å². The van der Waals surface area contributed by atoms with Crippen molar-refractivity contribution in [3.05, 3.63) is 47.2 Å². The van der Waals surface area contributed by atoms with E-state index >= 15 is 0 Å². The highest BCUT2D eigenvalue weighted by Gasteiger charge is 2.36. The van der Waals surface area contributed by atoms with Gasteiger partial charge in [0, 0.05) is 0 Å². The van der Waals surface area contributed by atoms with Crippen LogP contribution in [0.3, 0.4) is 0 Å². The number of hydrogen-bond acceptors (Lipinski definition) is 6. The summed E-state index contributed by atoms with van der Waals surface area (Å²) in [6.07, 6.45) is 5.66. The average molecular weight is 384 g/mol. The van der Waals surface area contributed by atoms with Gasteiger partial charge in [-0.1, -0.05) is 18.2 Å². The number of carbonyl (C=O) groups is 2. The van der Waals surface area contributed by atoms with Gasteiger partial charge in [-0.25, -0.2) is 4.79 Å². The molecule has 28 heavy (non-hydrogen) atoms. The predicted molar refractivity (Wildman–Crippen MR) is 104 cm³/mol. The highest BCUT2D eigenvalue weighted by molar-refractivity contribution is 6.44. The molecule has 1 fully saturated rings. The maximum atomic E-state index is 12.4. The number of carboxylic acid groups (broad SMARTS) is 1. The number of carboxylic acids is 1. The van der Waals surface area contributed by atoms with E-state index in [0.29, 0.717) is 25.8 Å². The van der Waals surface area contributed by atoms with E-state index in [1.54, 1.807) is 35.3 Å². The molecule has 3 rings (SSSR count). The maximum absolute atomic E-state index is 12.4. The van der Waals surface area contributed by atoms with Gasteiger partial charge in [0.05, 0.1) is 13.1 Å². The van der Waals surface area contributed by atoms with E-state index < -0.39 is 13.1 Å². The van der Waals surface area contributed by atoms with Crippen LogP contribution in [0.2, 0.25) is 6.32 Å². The van der Waals surface area contributed by atoms with Crippen LogP contribution in [-0.4, -0.2) is 59.9 Å². The number of benzene rings is 1. The number of fused-ring (bicyclic) bond motifs is 1. The quantitative estimate of drug-likeness (QED) is 0.334. The van der Waals surface area contributed by atoms with Gasteiger partial charge in [0.15, 0.2) is 0 Å². The molecule has 1 amide bonds. The Kier molecular flexibility index (Phi) is 5.84. The number of ether oxygens (including phenoxy) is 1. The van der Waals surface area contributed by atoms with Crippen LogP contribution < -0.4 is 9.39 Å². The van der Waals surface area contributed by atoms with Crippen molar-refractivity contribution in [1.82, 2.24) is 4.90 Å². The van der Waals surface area contributed by atoms with E-state index in [9.17, 15) is 19.7 Å². The molecule has 0 radical (unpaired) electrons. The standard InChI is InChI=1S/C19H21BN2O6/c1-3-4-5-14(21-2)18(23)22-10-13(11-22)27-15-7-6-12-8-9-20(26)28-17(12)16(15)19(24)25/h3-7,13,26H,2,8-11H2,1H3,(H,24,25)/b4-3-,14-5-. The molecule has 0 spiro atoms. The van der Waals surface area contributed by atoms with Crippen molar-refractivity contribution >= 4 is 25.7 Å². The largest absolute Gasteiger partial charge is 0.535 e. The fourth-order valence-corrected chi connectivity index (χ4v) is 3.11. The Balaban J connectivity index is 1.71. The Hall–Kier alpha value is -3.07. The third-order valence-electron chi connectivity index (χ3n) is 4.59. The van der Waals surface area contributed by atoms with Crippen LogP contribution in [-0.2, 0) is 11.2 Å². The van der Waals surface area contributed by atoms with Crippen molar-refractivity contribution in [3.63, 3.8) is 0 Å². The number of aliphatic imine (C=N–C) groups is 1. The normalized spacial score (nSPS) is 17.0. The second kappa shape index (κ2) is 8.31. The Morgan fingerprint density at radius 1 is 1.43 bits per heavy atom. The summed E-state index contributed by atoms with van der Waals surface area (Å²) in [7, 11) is -1.04. The summed E-state index contributed by atoms with van der Waals surface area (Å²) in [6, 6.07) is 3.33. The van der Waals surface area contributed by atoms with Gasteiger partial charge in [0.2, 0.25) is 0 Å². The zero-order valence-electron chi connectivity index (χ0n) is 15.5. The van der Waals surface area contributed by atoms with Crippen LogP contribution >= 0.6 is 0 Å². The van der Waals surface area contributed by atoms with Crippen LogP contribution in [0.25, 0.3) is 0 Å². The van der Waals surface area contributed by atoms with Gasteiger partial charge < -0.3 is 24.4 Å². The second-order valence-electron chi connectivity index (χ2n) is 6.53. The number of aryl methyl sites for hydroxylation is 1. The fraction of sp³-hybridized carbons (Fsp3) is 0.316. The van der Waals surface area contributed by atoms with Gasteiger partial charge in [-0.3, -0.25) is 9.79 Å². The summed E-state index contributed by atoms with van der Waals surface area (Å²) in [4.78, 5) is 29.4. The molecule has 0 saturated carbocycles. The molecular weight excluding hydrogens is 363 g/mol. The van der Waals surface area contributed by atoms with E-state index in [1.807, 2.05) is 6.92 Å². The number of hydrogen-bond donors (Lipinski definition) is 2. The Bertz CT molecular complexity index is 860. The highest BCUT2D eigenvalue weighted by atomic mass is 16.5. The molecule has 2 N–H and O–H groups in total. The van der Waals surface area contributed by atoms with Crippen LogP contribution in [0.5, 0.6) is 11.5 Å². The summed E-state index contributed by atoms with van der Waals surface area (Å²) in [5.41, 5.74) is 0.845. The first-order valence-corrected chi connectivity index (χ1v) is 8.94. The molecule has 0 aliphatic carbocycles. The van der Waals surface area contributed by atoms with E-state index in [1.165, 1.54) is 0 Å². The number of likely N-dealkylation sites (tertiary alicyclic amines) is 1. The molecule has 146 valence electrons. The molecule has 2 aliphatic rings. The minimum absolute atomic E-state index is 0.109. The van der Waals surface area contributed by atoms with Gasteiger partial charge in [-0.05, 0) is 44.1 Å². The maximum Gasteiger partial charge on any atom is 0.522 e. The summed E-state index contributed by atoms with van der Waals surface area (Å²) >= 11 is 0. The lowest BCUT2D eigenvalue weighted by Gasteiger charge is -2.39.